The van der Waals surface area contributed by atoms with Crippen LogP contribution >= 0.6 is 11.3 Å². The Balaban J connectivity index is 1.50. The van der Waals surface area contributed by atoms with Crippen LogP contribution in [0.4, 0.5) is 14.6 Å². The summed E-state index contributed by atoms with van der Waals surface area (Å²) < 4.78 is 29.9. The van der Waals surface area contributed by atoms with Crippen molar-refractivity contribution in [2.45, 2.75) is 13.5 Å². The summed E-state index contributed by atoms with van der Waals surface area (Å²) >= 11 is 1.34. The number of benzene rings is 1. The minimum atomic E-state index is -0.725. The maximum Gasteiger partial charge on any atom is 0.305 e. The summed E-state index contributed by atoms with van der Waals surface area (Å²) in [5.41, 5.74) is 2.55. The van der Waals surface area contributed by atoms with E-state index in [1.165, 1.54) is 34.3 Å². The zero-order chi connectivity index (χ0) is 22.0. The van der Waals surface area contributed by atoms with E-state index in [1.807, 2.05) is 18.4 Å². The zero-order valence-corrected chi connectivity index (χ0v) is 17.1. The molecule has 0 aliphatic rings. The third-order valence-electron chi connectivity index (χ3n) is 4.62. The van der Waals surface area contributed by atoms with Crippen molar-refractivity contribution in [1.29, 1.82) is 0 Å². The number of carbonyl (C=O) groups excluding carboxylic acids is 1. The minimum Gasteiger partial charge on any atom is -0.358 e. The molecule has 9 heteroatoms. The Labute approximate surface area is 180 Å². The summed E-state index contributed by atoms with van der Waals surface area (Å²) in [6, 6.07) is 9.27. The lowest BCUT2D eigenvalue weighted by molar-refractivity contribution is 0.0954. The van der Waals surface area contributed by atoms with Crippen molar-refractivity contribution in [1.82, 2.24) is 20.1 Å². The molecule has 4 rings (SSSR count). The number of amides is 1. The molecule has 0 unspecified atom stereocenters. The lowest BCUT2D eigenvalue weighted by Gasteiger charge is -2.08. The maximum absolute atomic E-state index is 14.6. The summed E-state index contributed by atoms with van der Waals surface area (Å²) in [6.45, 7) is 8.77. The van der Waals surface area contributed by atoms with Crippen LogP contribution < -0.4 is 5.32 Å². The second kappa shape index (κ2) is 8.45. The first kappa shape index (κ1) is 20.4. The average Bonchev–Trinajstić information content (AvgIpc) is 3.42. The molecule has 1 N–H and O–H groups in total. The highest BCUT2D eigenvalue weighted by molar-refractivity contribution is 7.12. The highest BCUT2D eigenvalue weighted by atomic mass is 32.1. The van der Waals surface area contributed by atoms with E-state index in [4.69, 9.17) is 6.57 Å². The molecule has 0 fully saturated rings. The fraction of sp³-hybridized carbons (Fsp3) is 0.0909. The number of aryl methyl sites for hydroxylation is 1. The van der Waals surface area contributed by atoms with Crippen LogP contribution in [-0.4, -0.2) is 20.7 Å². The third kappa shape index (κ3) is 4.20. The topological polar surface area (TPSA) is 64.2 Å². The number of carbonyl (C=O) groups is 1. The second-order valence-electron chi connectivity index (χ2n) is 6.68. The van der Waals surface area contributed by atoms with Gasteiger partial charge < -0.3 is 10.2 Å². The van der Waals surface area contributed by atoms with Crippen molar-refractivity contribution in [3.05, 3.63) is 93.2 Å². The van der Waals surface area contributed by atoms with Gasteiger partial charge in [-0.2, -0.15) is 5.10 Å². The molecule has 1 amide bonds. The van der Waals surface area contributed by atoms with Crippen LogP contribution in [0.1, 0.15) is 20.8 Å². The number of pyridine rings is 1. The van der Waals surface area contributed by atoms with Crippen LogP contribution in [-0.2, 0) is 6.54 Å². The molecule has 1 aromatic carbocycles. The Hall–Kier alpha value is -3.90. The molecule has 0 aliphatic carbocycles. The summed E-state index contributed by atoms with van der Waals surface area (Å²) in [4.78, 5) is 19.6. The molecule has 0 bridgehead atoms. The van der Waals surface area contributed by atoms with E-state index >= 15 is 0 Å². The van der Waals surface area contributed by atoms with Crippen LogP contribution in [0, 0.1) is 25.1 Å². The molecular weight excluding hydrogens is 420 g/mol. The molecule has 3 heterocycles. The van der Waals surface area contributed by atoms with E-state index in [2.05, 4.69) is 20.2 Å². The highest BCUT2D eigenvalue weighted by Gasteiger charge is 2.13. The van der Waals surface area contributed by atoms with Crippen LogP contribution in [0.5, 0.6) is 0 Å². The number of hydrogen-bond acceptors (Lipinski definition) is 4. The zero-order valence-electron chi connectivity index (χ0n) is 16.3. The van der Waals surface area contributed by atoms with Gasteiger partial charge in [0.05, 0.1) is 16.3 Å². The van der Waals surface area contributed by atoms with Crippen molar-refractivity contribution < 1.29 is 13.6 Å². The predicted molar refractivity (Wildman–Crippen MR) is 113 cm³/mol. The molecule has 0 atom stereocenters. The lowest BCUT2D eigenvalue weighted by atomic mass is 10.2. The Morgan fingerprint density at radius 3 is 2.74 bits per heavy atom. The number of nitrogens with one attached hydrogen (secondary N) is 1. The molecule has 3 aromatic heterocycles. The van der Waals surface area contributed by atoms with Gasteiger partial charge in [0.15, 0.2) is 5.82 Å². The smallest absolute Gasteiger partial charge is 0.305 e. The minimum absolute atomic E-state index is 0.0605. The van der Waals surface area contributed by atoms with E-state index in [0.29, 0.717) is 27.4 Å². The van der Waals surface area contributed by atoms with Gasteiger partial charge in [0.25, 0.3) is 5.91 Å². The van der Waals surface area contributed by atoms with Gasteiger partial charge in [-0.1, -0.05) is 12.6 Å². The average molecular weight is 435 g/mol. The van der Waals surface area contributed by atoms with Crippen LogP contribution in [0.2, 0.25) is 0 Å². The largest absolute Gasteiger partial charge is 0.358 e. The van der Waals surface area contributed by atoms with Crippen molar-refractivity contribution in [2.24, 2.45) is 0 Å². The fourth-order valence-electron chi connectivity index (χ4n) is 2.96. The van der Waals surface area contributed by atoms with Gasteiger partial charge in [-0.25, -0.2) is 13.5 Å². The van der Waals surface area contributed by atoms with Gasteiger partial charge in [-0.05, 0) is 48.2 Å². The Bertz CT molecular complexity index is 1320. The molecular formula is C22H15F2N5OS. The summed E-state index contributed by atoms with van der Waals surface area (Å²) in [5, 5.41) is 8.90. The van der Waals surface area contributed by atoms with Crippen LogP contribution in [0.15, 0.2) is 54.2 Å². The summed E-state index contributed by atoms with van der Waals surface area (Å²) in [6.07, 6.45) is 2.98. The summed E-state index contributed by atoms with van der Waals surface area (Å²) in [5.74, 6) is -1.75. The Kier molecular flexibility index (Phi) is 5.56. The second-order valence-corrected chi connectivity index (χ2v) is 7.59. The molecule has 4 aromatic rings. The molecule has 31 heavy (non-hydrogen) atoms. The van der Waals surface area contributed by atoms with Gasteiger partial charge >= 0.3 is 5.82 Å². The maximum atomic E-state index is 14.6. The molecule has 154 valence electrons. The third-order valence-corrected chi connectivity index (χ3v) is 5.64. The van der Waals surface area contributed by atoms with Crippen molar-refractivity contribution in [3.8, 4) is 16.9 Å². The monoisotopic (exact) mass is 435 g/mol. The molecule has 6 nitrogen and oxygen atoms in total. The van der Waals surface area contributed by atoms with Gasteiger partial charge in [0.2, 0.25) is 0 Å². The lowest BCUT2D eigenvalue weighted by Crippen LogP contribution is -2.23. The van der Waals surface area contributed by atoms with Crippen LogP contribution in [0.25, 0.3) is 21.8 Å². The predicted octanol–water partition coefficient (Wildman–Crippen LogP) is 5.06. The number of thiophene rings is 1. The number of rotatable bonds is 5. The van der Waals surface area contributed by atoms with Crippen molar-refractivity contribution in [3.63, 3.8) is 0 Å². The first-order valence-electron chi connectivity index (χ1n) is 9.16. The molecule has 0 spiro atoms. The molecule has 0 saturated carbocycles. The highest BCUT2D eigenvalue weighted by Crippen LogP contribution is 2.23. The van der Waals surface area contributed by atoms with E-state index < -0.39 is 11.6 Å². The SMILES string of the molecule is [C-]#[N+]c1ncc(-c2ccn(-c3ccc(CNC(=O)c4sccc4C)c(F)c3)n2)cc1F. The number of halogens is 2. The fourth-order valence-corrected chi connectivity index (χ4v) is 3.80. The molecule has 0 saturated heterocycles. The van der Waals surface area contributed by atoms with Gasteiger partial charge in [0.1, 0.15) is 12.0 Å². The molecule has 0 aliphatic heterocycles. The van der Waals surface area contributed by atoms with Gasteiger partial charge in [0, 0.05) is 23.9 Å². The van der Waals surface area contributed by atoms with Gasteiger partial charge in [-0.15, -0.1) is 16.3 Å². The first-order valence-corrected chi connectivity index (χ1v) is 10.0. The quantitative estimate of drug-likeness (QED) is 0.446. The number of nitrogens with zero attached hydrogens (tertiary/aromatic N) is 4. The standard InChI is InChI=1S/C22H15F2N5OS/c1-13-6-8-31-20(13)22(30)27-11-14-3-4-16(10-17(14)23)29-7-5-19(28-29)15-9-18(24)21(25-2)26-12-15/h3-10,12H,11H2,1H3,(H,27,30). The van der Waals surface area contributed by atoms with Crippen molar-refractivity contribution in [2.75, 3.05) is 0 Å². The molecule has 0 radical (unpaired) electrons. The van der Waals surface area contributed by atoms with E-state index in [-0.39, 0.29) is 18.3 Å². The number of hydrogen-bond donors (Lipinski definition) is 1. The van der Waals surface area contributed by atoms with E-state index in [9.17, 15) is 13.6 Å². The van der Waals surface area contributed by atoms with Crippen LogP contribution in [0.3, 0.4) is 0 Å². The van der Waals surface area contributed by atoms with Crippen molar-refractivity contribution >= 4 is 23.1 Å². The van der Waals surface area contributed by atoms with Gasteiger partial charge in [-0.3, -0.25) is 4.79 Å². The van der Waals surface area contributed by atoms with E-state index in [0.717, 1.165) is 5.56 Å². The number of aromatic nitrogens is 3. The normalized spacial score (nSPS) is 10.6. The Morgan fingerprint density at radius 1 is 1.23 bits per heavy atom. The Morgan fingerprint density at radius 2 is 2.06 bits per heavy atom. The summed E-state index contributed by atoms with van der Waals surface area (Å²) in [7, 11) is 0. The first-order chi connectivity index (χ1) is 15.0. The van der Waals surface area contributed by atoms with E-state index in [1.54, 1.807) is 24.4 Å².